The van der Waals surface area contributed by atoms with E-state index in [0.29, 0.717) is 34.4 Å². The molecule has 3 aromatic heterocycles. The van der Waals surface area contributed by atoms with E-state index in [0.717, 1.165) is 68.6 Å². The van der Waals surface area contributed by atoms with E-state index in [1.54, 1.807) is 24.7 Å². The molecule has 2 N–H and O–H groups in total. The van der Waals surface area contributed by atoms with Crippen LogP contribution in [0.3, 0.4) is 0 Å². The number of aromatic amines is 1. The number of benzene rings is 2. The Balaban J connectivity index is 1.15. The molecule has 7 rings (SSSR count). The lowest BCUT2D eigenvalue weighted by Gasteiger charge is -2.37. The van der Waals surface area contributed by atoms with E-state index in [1.807, 2.05) is 6.07 Å². The van der Waals surface area contributed by atoms with Crippen molar-refractivity contribution in [1.82, 2.24) is 24.6 Å². The summed E-state index contributed by atoms with van der Waals surface area (Å²) in [7, 11) is 1.72. The lowest BCUT2D eigenvalue weighted by Crippen LogP contribution is -2.42. The van der Waals surface area contributed by atoms with E-state index in [-0.39, 0.29) is 11.7 Å². The number of fused-ring (bicyclic) bond motifs is 3. The predicted octanol–water partition coefficient (Wildman–Crippen LogP) is 5.94. The van der Waals surface area contributed by atoms with Gasteiger partial charge in [0.25, 0.3) is 0 Å². The van der Waals surface area contributed by atoms with Crippen molar-refractivity contribution in [2.75, 3.05) is 32.1 Å². The number of carbonyl (C=O) groups is 1. The number of hydrogen-bond acceptors (Lipinski definition) is 7. The molecule has 1 saturated heterocycles. The minimum absolute atomic E-state index is 0.0296. The number of aromatic nitrogens is 4. The van der Waals surface area contributed by atoms with Crippen molar-refractivity contribution >= 4 is 22.5 Å². The number of aryl methyl sites for hydroxylation is 1. The maximum absolute atomic E-state index is 14.1. The Hall–Kier alpha value is -4.61. The van der Waals surface area contributed by atoms with Crippen LogP contribution in [0.5, 0.6) is 11.6 Å². The Bertz CT molecular complexity index is 1860. The average Bonchev–Trinajstić information content (AvgIpc) is 3.68. The largest absolute Gasteiger partial charge is 0.433 e. The average molecular weight is 599 g/mol. The van der Waals surface area contributed by atoms with Crippen LogP contribution in [-0.4, -0.2) is 63.3 Å². The van der Waals surface area contributed by atoms with Gasteiger partial charge in [0, 0.05) is 56.4 Å². The molecule has 0 saturated carbocycles. The summed E-state index contributed by atoms with van der Waals surface area (Å²) >= 11 is 0. The molecule has 44 heavy (non-hydrogen) atoms. The predicted molar refractivity (Wildman–Crippen MR) is 162 cm³/mol. The molecule has 9 nitrogen and oxygen atoms in total. The zero-order valence-corrected chi connectivity index (χ0v) is 24.5. The third-order valence-corrected chi connectivity index (χ3v) is 8.65. The Kier molecular flexibility index (Phi) is 7.35. The quantitative estimate of drug-likeness (QED) is 0.224. The van der Waals surface area contributed by atoms with Gasteiger partial charge >= 0.3 is 0 Å². The third kappa shape index (κ3) is 5.01. The third-order valence-electron chi connectivity index (χ3n) is 8.65. The summed E-state index contributed by atoms with van der Waals surface area (Å²) in [6, 6.07) is 11.8. The normalized spacial score (nSPS) is 15.8. The molecule has 0 radical (unpaired) electrons. The van der Waals surface area contributed by atoms with Crippen LogP contribution in [0.1, 0.15) is 45.6 Å². The molecule has 0 spiro atoms. The van der Waals surface area contributed by atoms with Crippen molar-refractivity contribution in [3.8, 4) is 17.3 Å². The van der Waals surface area contributed by atoms with E-state index in [9.17, 15) is 13.6 Å². The highest BCUT2D eigenvalue weighted by molar-refractivity contribution is 6.13. The zero-order chi connectivity index (χ0) is 30.4. The molecule has 226 valence electrons. The van der Waals surface area contributed by atoms with E-state index in [1.165, 1.54) is 29.6 Å². The van der Waals surface area contributed by atoms with Crippen LogP contribution in [0.4, 0.5) is 14.6 Å². The molecular formula is C33H32F2N6O3. The van der Waals surface area contributed by atoms with Gasteiger partial charge in [0.15, 0.2) is 11.6 Å². The number of carbonyl (C=O) groups excluding carboxylic acids is 1. The number of ketones is 1. The number of nitrogens with one attached hydrogen (secondary N) is 2. The number of ether oxygens (including phenoxy) is 2. The molecule has 0 unspecified atom stereocenters. The Morgan fingerprint density at radius 1 is 1.11 bits per heavy atom. The van der Waals surface area contributed by atoms with Gasteiger partial charge in [0.2, 0.25) is 17.4 Å². The van der Waals surface area contributed by atoms with Crippen molar-refractivity contribution in [3.63, 3.8) is 0 Å². The minimum Gasteiger partial charge on any atom is -0.433 e. The Morgan fingerprint density at radius 2 is 1.91 bits per heavy atom. The van der Waals surface area contributed by atoms with Gasteiger partial charge in [-0.15, -0.1) is 0 Å². The fourth-order valence-corrected chi connectivity index (χ4v) is 6.36. The molecule has 2 aromatic carbocycles. The number of rotatable bonds is 7. The Morgan fingerprint density at radius 3 is 2.66 bits per heavy atom. The molecule has 1 fully saturated rings. The van der Waals surface area contributed by atoms with Crippen molar-refractivity contribution in [2.24, 2.45) is 0 Å². The van der Waals surface area contributed by atoms with Crippen LogP contribution in [0.2, 0.25) is 0 Å². The fourth-order valence-electron chi connectivity index (χ4n) is 6.36. The molecule has 2 aliphatic rings. The summed E-state index contributed by atoms with van der Waals surface area (Å²) in [5, 5.41) is 8.67. The van der Waals surface area contributed by atoms with Crippen LogP contribution in [-0.2, 0) is 17.7 Å². The number of pyridine rings is 1. The summed E-state index contributed by atoms with van der Waals surface area (Å²) in [5.41, 5.74) is 5.68. The molecule has 2 aliphatic heterocycles. The molecule has 0 bridgehead atoms. The molecule has 5 heterocycles. The summed E-state index contributed by atoms with van der Waals surface area (Å²) in [5.74, 6) is -1.84. The second-order valence-electron chi connectivity index (χ2n) is 11.3. The van der Waals surface area contributed by atoms with Gasteiger partial charge in [-0.1, -0.05) is 12.1 Å². The van der Waals surface area contributed by atoms with Gasteiger partial charge in [-0.3, -0.25) is 9.69 Å². The summed E-state index contributed by atoms with van der Waals surface area (Å²) < 4.78 is 40.7. The van der Waals surface area contributed by atoms with E-state index < -0.39 is 17.4 Å². The van der Waals surface area contributed by atoms with Crippen LogP contribution in [0, 0.1) is 18.6 Å². The second-order valence-corrected chi connectivity index (χ2v) is 11.3. The van der Waals surface area contributed by atoms with Crippen LogP contribution in [0.15, 0.2) is 54.9 Å². The maximum Gasteiger partial charge on any atom is 0.219 e. The summed E-state index contributed by atoms with van der Waals surface area (Å²) in [6.07, 6.45) is 6.10. The van der Waals surface area contributed by atoms with Crippen LogP contribution in [0.25, 0.3) is 16.6 Å². The first-order valence-corrected chi connectivity index (χ1v) is 14.8. The number of nitrogens with zero attached hydrogens (tertiary/aromatic N) is 4. The topological polar surface area (TPSA) is 97.3 Å². The fraction of sp³-hybridized carbons (Fsp3) is 0.303. The van der Waals surface area contributed by atoms with Gasteiger partial charge in [0.05, 0.1) is 29.3 Å². The molecule has 0 aliphatic carbocycles. The number of para-hydroxylation sites is 1. The van der Waals surface area contributed by atoms with Crippen LogP contribution < -0.4 is 10.1 Å². The number of halogens is 2. The lowest BCUT2D eigenvalue weighted by molar-refractivity contribution is 0.0291. The first-order chi connectivity index (χ1) is 21.4. The van der Waals surface area contributed by atoms with Crippen molar-refractivity contribution < 1.29 is 23.0 Å². The van der Waals surface area contributed by atoms with Crippen molar-refractivity contribution in [3.05, 3.63) is 94.4 Å². The SMILES string of the molecule is CNc1c(C(=O)c2cc3c4c(ccc3[nH]2)CN(C2CCOCC2)CC4)cnn1-c1cnc(Oc2c(F)cccc2F)cc1C. The first kappa shape index (κ1) is 28.2. The van der Waals surface area contributed by atoms with Crippen LogP contribution >= 0.6 is 0 Å². The van der Waals surface area contributed by atoms with Crippen molar-refractivity contribution in [2.45, 2.75) is 38.8 Å². The monoisotopic (exact) mass is 598 g/mol. The van der Waals surface area contributed by atoms with Gasteiger partial charge in [0.1, 0.15) is 5.82 Å². The van der Waals surface area contributed by atoms with E-state index >= 15 is 0 Å². The molecular weight excluding hydrogens is 566 g/mol. The number of H-pyrrole nitrogens is 1. The highest BCUT2D eigenvalue weighted by Crippen LogP contribution is 2.33. The van der Waals surface area contributed by atoms with Gasteiger partial charge < -0.3 is 19.8 Å². The molecule has 0 atom stereocenters. The van der Waals surface area contributed by atoms with Gasteiger partial charge in [-0.25, -0.2) is 18.4 Å². The van der Waals surface area contributed by atoms with E-state index in [2.05, 4.69) is 37.4 Å². The zero-order valence-electron chi connectivity index (χ0n) is 24.5. The van der Waals surface area contributed by atoms with Gasteiger partial charge in [-0.2, -0.15) is 5.10 Å². The number of anilines is 1. The summed E-state index contributed by atoms with van der Waals surface area (Å²) in [6.45, 7) is 5.36. The number of hydrogen-bond donors (Lipinski definition) is 2. The minimum atomic E-state index is -0.823. The highest BCUT2D eigenvalue weighted by Gasteiger charge is 2.28. The smallest absolute Gasteiger partial charge is 0.219 e. The lowest BCUT2D eigenvalue weighted by atomic mass is 9.93. The second kappa shape index (κ2) is 11.5. The van der Waals surface area contributed by atoms with E-state index in [4.69, 9.17) is 9.47 Å². The summed E-state index contributed by atoms with van der Waals surface area (Å²) in [4.78, 5) is 24.0. The maximum atomic E-state index is 14.1. The standard InChI is InChI=1S/C33H32F2N6O3/c1-19-14-30(44-32-25(34)4-3-5-26(32)35)37-17-29(19)41-33(36-2)24(16-38-41)31(42)28-15-23-22-8-11-40(21-9-12-43-13-10-21)18-20(22)6-7-27(23)39-28/h3-7,14-17,21,36,39H,8-13,18H2,1-2H3. The molecule has 5 aromatic rings. The highest BCUT2D eigenvalue weighted by atomic mass is 19.1. The molecule has 11 heteroatoms. The van der Waals surface area contributed by atoms with Gasteiger partial charge in [-0.05, 0) is 67.1 Å². The van der Waals surface area contributed by atoms with Crippen molar-refractivity contribution in [1.29, 1.82) is 0 Å². The first-order valence-electron chi connectivity index (χ1n) is 14.8. The Labute approximate surface area is 252 Å². The molecule has 0 amide bonds.